The lowest BCUT2D eigenvalue weighted by Crippen LogP contribution is -2.12. The number of carbonyl (C=O) groups excluding carboxylic acids is 1. The number of hydrogen-bond acceptors (Lipinski definition) is 1. The van der Waals surface area contributed by atoms with E-state index in [0.717, 1.165) is 12.8 Å². The summed E-state index contributed by atoms with van der Waals surface area (Å²) >= 11 is 0. The second-order valence-electron chi connectivity index (χ2n) is 5.64. The molecule has 1 nitrogen and oxygen atoms in total. The zero-order valence-corrected chi connectivity index (χ0v) is 12.0. The number of Topliss-reactive ketones (excluding diaryl/α,β-unsaturated/α-hetero) is 1. The molecule has 0 aliphatic rings. The molecule has 0 fully saturated rings. The third-order valence-corrected chi connectivity index (χ3v) is 3.63. The normalized spacial score (nSPS) is 12.7. The highest BCUT2D eigenvalue weighted by atomic mass is 16.1. The van der Waals surface area contributed by atoms with Gasteiger partial charge in [0.2, 0.25) is 0 Å². The Kier molecular flexibility index (Phi) is 6.70. The van der Waals surface area contributed by atoms with Crippen LogP contribution in [0.25, 0.3) is 0 Å². The molecule has 0 bridgehead atoms. The predicted molar refractivity (Wildman–Crippen MR) is 77.6 cm³/mol. The molecule has 100 valence electrons. The molecule has 0 aliphatic carbocycles. The fourth-order valence-electron chi connectivity index (χ4n) is 2.42. The minimum Gasteiger partial charge on any atom is -0.300 e. The van der Waals surface area contributed by atoms with E-state index in [9.17, 15) is 4.79 Å². The smallest absolute Gasteiger partial charge is 0.130 e. The first-order chi connectivity index (χ1) is 8.59. The highest BCUT2D eigenvalue weighted by molar-refractivity contribution is 5.75. The van der Waals surface area contributed by atoms with Gasteiger partial charge in [-0.3, -0.25) is 0 Å². The Hall–Kier alpha value is -1.11. The van der Waals surface area contributed by atoms with Crippen LogP contribution < -0.4 is 0 Å². The summed E-state index contributed by atoms with van der Waals surface area (Å²) < 4.78 is 0. The maximum Gasteiger partial charge on any atom is 0.130 e. The summed E-state index contributed by atoms with van der Waals surface area (Å²) in [6, 6.07) is 10.6. The summed E-state index contributed by atoms with van der Waals surface area (Å²) in [5, 5.41) is 0. The molecule has 1 atom stereocenters. The van der Waals surface area contributed by atoms with Gasteiger partial charge in [-0.05, 0) is 43.6 Å². The zero-order chi connectivity index (χ0) is 13.4. The average Bonchev–Trinajstić information content (AvgIpc) is 2.33. The van der Waals surface area contributed by atoms with Crippen molar-refractivity contribution in [1.82, 2.24) is 0 Å². The molecule has 18 heavy (non-hydrogen) atoms. The first kappa shape index (κ1) is 14.9. The first-order valence-electron chi connectivity index (χ1n) is 7.13. The molecule has 0 radical (unpaired) electrons. The van der Waals surface area contributed by atoms with Crippen LogP contribution in [0, 0.1) is 11.8 Å². The van der Waals surface area contributed by atoms with Crippen LogP contribution in [0.4, 0.5) is 0 Å². The van der Waals surface area contributed by atoms with Crippen molar-refractivity contribution in [2.45, 2.75) is 52.9 Å². The van der Waals surface area contributed by atoms with Gasteiger partial charge in [-0.15, -0.1) is 0 Å². The van der Waals surface area contributed by atoms with Crippen molar-refractivity contribution in [3.63, 3.8) is 0 Å². The Morgan fingerprint density at radius 1 is 1.11 bits per heavy atom. The molecule has 0 saturated heterocycles. The number of benzene rings is 1. The van der Waals surface area contributed by atoms with Crippen molar-refractivity contribution in [3.8, 4) is 0 Å². The van der Waals surface area contributed by atoms with Crippen LogP contribution in [0.2, 0.25) is 0 Å². The number of aryl methyl sites for hydroxylation is 1. The van der Waals surface area contributed by atoms with Crippen molar-refractivity contribution in [2.24, 2.45) is 11.8 Å². The topological polar surface area (TPSA) is 17.1 Å². The van der Waals surface area contributed by atoms with Crippen molar-refractivity contribution >= 4 is 5.78 Å². The molecule has 0 aliphatic heterocycles. The van der Waals surface area contributed by atoms with E-state index in [1.54, 1.807) is 6.92 Å². The second kappa shape index (κ2) is 8.07. The molecule has 1 aromatic carbocycles. The Morgan fingerprint density at radius 3 is 2.33 bits per heavy atom. The first-order valence-corrected chi connectivity index (χ1v) is 7.13. The number of hydrogen-bond donors (Lipinski definition) is 0. The van der Waals surface area contributed by atoms with Crippen LogP contribution in [0.1, 0.15) is 52.0 Å². The average molecular weight is 246 g/mol. The summed E-state index contributed by atoms with van der Waals surface area (Å²) in [5.41, 5.74) is 1.42. The van der Waals surface area contributed by atoms with Gasteiger partial charge in [0.25, 0.3) is 0 Å². The maximum atomic E-state index is 11.2. The molecule has 0 amide bonds. The van der Waals surface area contributed by atoms with Gasteiger partial charge in [0, 0.05) is 6.42 Å². The molecule has 1 aromatic rings. The van der Waals surface area contributed by atoms with Crippen molar-refractivity contribution in [1.29, 1.82) is 0 Å². The van der Waals surface area contributed by atoms with Gasteiger partial charge in [0.15, 0.2) is 0 Å². The van der Waals surface area contributed by atoms with Crippen molar-refractivity contribution in [2.75, 3.05) is 0 Å². The number of rotatable bonds is 8. The number of unbranched alkanes of at least 4 members (excludes halogenated alkanes) is 1. The second-order valence-corrected chi connectivity index (χ2v) is 5.64. The van der Waals surface area contributed by atoms with Crippen LogP contribution in [0.15, 0.2) is 30.3 Å². The quantitative estimate of drug-likeness (QED) is 0.610. The van der Waals surface area contributed by atoms with Gasteiger partial charge in [0.05, 0.1) is 0 Å². The largest absolute Gasteiger partial charge is 0.300 e. The fraction of sp³-hybridized carbons (Fsp3) is 0.588. The summed E-state index contributed by atoms with van der Waals surface area (Å²) in [4.78, 5) is 11.2. The van der Waals surface area contributed by atoms with Gasteiger partial charge in [-0.25, -0.2) is 0 Å². The SMILES string of the molecule is CC(=O)C[C@H](CCCCc1ccccc1)C(C)C. The van der Waals surface area contributed by atoms with E-state index in [1.807, 2.05) is 0 Å². The lowest BCUT2D eigenvalue weighted by molar-refractivity contribution is -0.118. The Labute approximate surface area is 112 Å². The van der Waals surface area contributed by atoms with Crippen LogP contribution >= 0.6 is 0 Å². The van der Waals surface area contributed by atoms with Gasteiger partial charge >= 0.3 is 0 Å². The highest BCUT2D eigenvalue weighted by Gasteiger charge is 2.14. The van der Waals surface area contributed by atoms with Crippen LogP contribution in [-0.4, -0.2) is 5.78 Å². The van der Waals surface area contributed by atoms with E-state index in [1.165, 1.54) is 24.8 Å². The highest BCUT2D eigenvalue weighted by Crippen LogP contribution is 2.22. The van der Waals surface area contributed by atoms with Gasteiger partial charge in [-0.1, -0.05) is 50.6 Å². The molecule has 1 heteroatoms. The van der Waals surface area contributed by atoms with Gasteiger partial charge in [-0.2, -0.15) is 0 Å². The molecule has 0 N–H and O–H groups in total. The minimum absolute atomic E-state index is 0.330. The van der Waals surface area contributed by atoms with Gasteiger partial charge < -0.3 is 4.79 Å². The molecule has 0 spiro atoms. The molecule has 0 saturated carbocycles. The molecular formula is C17H26O. The van der Waals surface area contributed by atoms with E-state index in [4.69, 9.17) is 0 Å². The third kappa shape index (κ3) is 6.00. The minimum atomic E-state index is 0.330. The summed E-state index contributed by atoms with van der Waals surface area (Å²) in [5.74, 6) is 1.51. The lowest BCUT2D eigenvalue weighted by Gasteiger charge is -2.19. The van der Waals surface area contributed by atoms with Gasteiger partial charge in [0.1, 0.15) is 5.78 Å². The molecule has 0 aromatic heterocycles. The van der Waals surface area contributed by atoms with E-state index in [2.05, 4.69) is 44.2 Å². The molecule has 1 rings (SSSR count). The zero-order valence-electron chi connectivity index (χ0n) is 12.0. The molecular weight excluding hydrogens is 220 g/mol. The van der Waals surface area contributed by atoms with E-state index < -0.39 is 0 Å². The van der Waals surface area contributed by atoms with Crippen LogP contribution in [-0.2, 0) is 11.2 Å². The summed E-state index contributed by atoms with van der Waals surface area (Å²) in [6.45, 7) is 6.16. The summed E-state index contributed by atoms with van der Waals surface area (Å²) in [6.07, 6.45) is 5.55. The Balaban J connectivity index is 2.25. The van der Waals surface area contributed by atoms with Crippen molar-refractivity contribution in [3.05, 3.63) is 35.9 Å². The predicted octanol–water partition coefficient (Wildman–Crippen LogP) is 4.65. The van der Waals surface area contributed by atoms with Crippen LogP contribution in [0.5, 0.6) is 0 Å². The summed E-state index contributed by atoms with van der Waals surface area (Å²) in [7, 11) is 0. The lowest BCUT2D eigenvalue weighted by atomic mass is 9.86. The Morgan fingerprint density at radius 2 is 1.78 bits per heavy atom. The van der Waals surface area contributed by atoms with E-state index >= 15 is 0 Å². The Bertz CT molecular complexity index is 340. The molecule has 0 heterocycles. The third-order valence-electron chi connectivity index (χ3n) is 3.63. The maximum absolute atomic E-state index is 11.2. The standard InChI is InChI=1S/C17H26O/c1-14(2)17(13-15(3)18)12-8-7-11-16-9-5-4-6-10-16/h4-6,9-10,14,17H,7-8,11-13H2,1-3H3/t17-/m0/s1. The molecule has 0 unspecified atom stereocenters. The number of ketones is 1. The fourth-order valence-corrected chi connectivity index (χ4v) is 2.42. The van der Waals surface area contributed by atoms with Crippen molar-refractivity contribution < 1.29 is 4.79 Å². The monoisotopic (exact) mass is 246 g/mol. The van der Waals surface area contributed by atoms with Crippen LogP contribution in [0.3, 0.4) is 0 Å². The van der Waals surface area contributed by atoms with E-state index in [-0.39, 0.29) is 0 Å². The van der Waals surface area contributed by atoms with E-state index in [0.29, 0.717) is 17.6 Å². The number of carbonyl (C=O) groups is 1.